The normalized spacial score (nSPS) is 15.8. The number of amides is 3. The monoisotopic (exact) mass is 494 g/mol. The van der Waals surface area contributed by atoms with Gasteiger partial charge >= 0.3 is 0 Å². The van der Waals surface area contributed by atoms with Crippen LogP contribution >= 0.6 is 0 Å². The molecule has 1 aliphatic heterocycles. The third-order valence-corrected chi connectivity index (χ3v) is 7.12. The molecule has 2 heterocycles. The summed E-state index contributed by atoms with van der Waals surface area (Å²) in [5, 5.41) is 3.75. The number of methoxy groups -OCH3 is 1. The van der Waals surface area contributed by atoms with E-state index < -0.39 is 5.91 Å². The van der Waals surface area contributed by atoms with Gasteiger partial charge < -0.3 is 25.3 Å². The zero-order valence-corrected chi connectivity index (χ0v) is 22.2. The van der Waals surface area contributed by atoms with Crippen LogP contribution in [-0.2, 0) is 14.3 Å². The Morgan fingerprint density at radius 1 is 1.17 bits per heavy atom. The van der Waals surface area contributed by atoms with E-state index in [4.69, 9.17) is 10.5 Å². The Morgan fingerprint density at radius 3 is 2.36 bits per heavy atom. The zero-order chi connectivity index (χ0) is 26.6. The van der Waals surface area contributed by atoms with Crippen molar-refractivity contribution in [1.82, 2.24) is 14.8 Å². The van der Waals surface area contributed by atoms with Crippen molar-refractivity contribution in [1.29, 1.82) is 0 Å². The number of nitrogens with one attached hydrogen (secondary N) is 1. The predicted octanol–water partition coefficient (Wildman–Crippen LogP) is 3.85. The lowest BCUT2D eigenvalue weighted by Gasteiger charge is -2.35. The lowest BCUT2D eigenvalue weighted by molar-refractivity contribution is -0.130. The second kappa shape index (κ2) is 11.5. The quantitative estimate of drug-likeness (QED) is 0.330. The number of ether oxygens (including phenoxy) is 1. The fourth-order valence-electron chi connectivity index (χ4n) is 5.19. The van der Waals surface area contributed by atoms with Gasteiger partial charge in [-0.15, -0.1) is 0 Å². The van der Waals surface area contributed by atoms with Crippen LogP contribution in [0.5, 0.6) is 0 Å². The smallest absolute Gasteiger partial charge is 0.254 e. The van der Waals surface area contributed by atoms with Crippen LogP contribution in [0.3, 0.4) is 0 Å². The highest BCUT2D eigenvalue weighted by atomic mass is 16.5. The molecule has 2 aromatic rings. The first kappa shape index (κ1) is 27.0. The number of piperidine rings is 1. The van der Waals surface area contributed by atoms with Crippen LogP contribution in [0.2, 0.25) is 0 Å². The number of nitrogens with zero attached hydrogens (tertiary/aromatic N) is 2. The number of rotatable bonds is 8. The van der Waals surface area contributed by atoms with Gasteiger partial charge in [-0.3, -0.25) is 14.4 Å². The van der Waals surface area contributed by atoms with Crippen LogP contribution in [0.4, 0.5) is 0 Å². The topological polar surface area (TPSA) is 107 Å². The van der Waals surface area contributed by atoms with Gasteiger partial charge in [0.25, 0.3) is 5.91 Å². The van der Waals surface area contributed by atoms with Gasteiger partial charge in [-0.25, -0.2) is 0 Å². The minimum atomic E-state index is -0.644. The number of hydrogen-bond donors (Lipinski definition) is 2. The standard InChI is InChI=1S/C28H38N4O4/c1-17(2)15-25(36-6)23(27(29)34)16-30-28(35)26-19(4)32(24-10-8-7-9-22(24)26)18(3)21-11-13-31(14-12-21)20(5)33/h7-10,15,18,21H,11-14,16H2,1-6H3,(H2,29,34)(H,30,35)/b25-23+. The van der Waals surface area contributed by atoms with Crippen molar-refractivity contribution in [3.8, 4) is 0 Å². The van der Waals surface area contributed by atoms with Crippen LogP contribution in [0.1, 0.15) is 62.6 Å². The van der Waals surface area contributed by atoms with E-state index in [2.05, 4.69) is 16.8 Å². The van der Waals surface area contributed by atoms with Crippen molar-refractivity contribution in [3.05, 3.63) is 58.5 Å². The van der Waals surface area contributed by atoms with Gasteiger partial charge in [0.15, 0.2) is 0 Å². The SMILES string of the molecule is CO/C(C=C(C)C)=C(\CNC(=O)c1c(C)n(C(C)C2CCN(C(C)=O)CC2)c2ccccc12)C(N)=O. The maximum Gasteiger partial charge on any atom is 0.254 e. The molecule has 0 bridgehead atoms. The van der Waals surface area contributed by atoms with Crippen LogP contribution < -0.4 is 11.1 Å². The predicted molar refractivity (Wildman–Crippen MR) is 141 cm³/mol. The maximum atomic E-state index is 13.5. The average molecular weight is 495 g/mol. The minimum absolute atomic E-state index is 0.0425. The summed E-state index contributed by atoms with van der Waals surface area (Å²) in [6, 6.07) is 8.04. The Hall–Kier alpha value is -3.55. The molecular formula is C28H38N4O4. The van der Waals surface area contributed by atoms with Crippen molar-refractivity contribution in [2.24, 2.45) is 11.7 Å². The number of likely N-dealkylation sites (tertiary alicyclic amines) is 1. The van der Waals surface area contributed by atoms with Gasteiger partial charge in [0.2, 0.25) is 11.8 Å². The molecule has 0 radical (unpaired) electrons. The molecule has 1 aromatic carbocycles. The van der Waals surface area contributed by atoms with E-state index in [0.29, 0.717) is 17.2 Å². The summed E-state index contributed by atoms with van der Waals surface area (Å²) >= 11 is 0. The summed E-state index contributed by atoms with van der Waals surface area (Å²) in [7, 11) is 1.47. The van der Waals surface area contributed by atoms with Crippen molar-refractivity contribution in [3.63, 3.8) is 0 Å². The number of fused-ring (bicyclic) bond motifs is 1. The summed E-state index contributed by atoms with van der Waals surface area (Å²) < 4.78 is 7.61. The molecule has 3 amide bonds. The molecule has 36 heavy (non-hydrogen) atoms. The number of primary amides is 1. The number of benzene rings is 1. The van der Waals surface area contributed by atoms with Gasteiger partial charge in [0.05, 0.1) is 24.8 Å². The Balaban J connectivity index is 1.92. The molecule has 0 saturated carbocycles. The molecule has 1 aliphatic rings. The number of allylic oxidation sites excluding steroid dienone is 2. The third-order valence-electron chi connectivity index (χ3n) is 7.12. The van der Waals surface area contributed by atoms with Crippen LogP contribution in [0.25, 0.3) is 10.9 Å². The second-order valence-electron chi connectivity index (χ2n) is 9.75. The number of carbonyl (C=O) groups excluding carboxylic acids is 3. The van der Waals surface area contributed by atoms with E-state index in [1.54, 1.807) is 13.0 Å². The summed E-state index contributed by atoms with van der Waals surface area (Å²) in [5.41, 5.74) is 9.21. The lowest BCUT2D eigenvalue weighted by Crippen LogP contribution is -2.39. The Bertz CT molecular complexity index is 1210. The molecule has 1 atom stereocenters. The number of carbonyl (C=O) groups is 3. The van der Waals surface area contributed by atoms with Crippen molar-refractivity contribution in [2.75, 3.05) is 26.7 Å². The van der Waals surface area contributed by atoms with Crippen molar-refractivity contribution >= 4 is 28.6 Å². The molecule has 8 heteroatoms. The largest absolute Gasteiger partial charge is 0.496 e. The highest BCUT2D eigenvalue weighted by Crippen LogP contribution is 2.35. The molecule has 8 nitrogen and oxygen atoms in total. The lowest BCUT2D eigenvalue weighted by atomic mass is 9.90. The van der Waals surface area contributed by atoms with E-state index >= 15 is 0 Å². The summed E-state index contributed by atoms with van der Waals surface area (Å²) in [6.45, 7) is 11.0. The van der Waals surface area contributed by atoms with E-state index in [-0.39, 0.29) is 30.0 Å². The molecule has 1 saturated heterocycles. The summed E-state index contributed by atoms with van der Waals surface area (Å²) in [4.78, 5) is 39.2. The molecule has 3 N–H and O–H groups in total. The maximum absolute atomic E-state index is 13.5. The van der Waals surface area contributed by atoms with E-state index in [9.17, 15) is 14.4 Å². The number of hydrogen-bond acceptors (Lipinski definition) is 4. The van der Waals surface area contributed by atoms with Crippen LogP contribution in [0, 0.1) is 12.8 Å². The molecule has 0 aliphatic carbocycles. The fourth-order valence-corrected chi connectivity index (χ4v) is 5.19. The molecule has 194 valence electrons. The number of nitrogens with two attached hydrogens (primary N) is 1. The first-order valence-electron chi connectivity index (χ1n) is 12.4. The van der Waals surface area contributed by atoms with Gasteiger partial charge in [-0.05, 0) is 58.6 Å². The summed E-state index contributed by atoms with van der Waals surface area (Å²) in [6.07, 6.45) is 3.57. The van der Waals surface area contributed by atoms with E-state index in [0.717, 1.165) is 48.1 Å². The fraction of sp³-hybridized carbons (Fsp3) is 0.464. The van der Waals surface area contributed by atoms with Gasteiger partial charge in [-0.1, -0.05) is 23.8 Å². The van der Waals surface area contributed by atoms with E-state index in [1.165, 1.54) is 7.11 Å². The Labute approximate surface area is 213 Å². The highest BCUT2D eigenvalue weighted by Gasteiger charge is 2.30. The molecule has 1 fully saturated rings. The van der Waals surface area contributed by atoms with Crippen LogP contribution in [-0.4, -0.2) is 53.9 Å². The summed E-state index contributed by atoms with van der Waals surface area (Å²) in [5.74, 6) is -0.0637. The van der Waals surface area contributed by atoms with Crippen molar-refractivity contribution < 1.29 is 19.1 Å². The average Bonchev–Trinajstić information content (AvgIpc) is 3.14. The Morgan fingerprint density at radius 2 is 1.81 bits per heavy atom. The zero-order valence-electron chi connectivity index (χ0n) is 22.2. The molecule has 0 spiro atoms. The van der Waals surface area contributed by atoms with Crippen molar-refractivity contribution in [2.45, 2.75) is 53.5 Å². The van der Waals surface area contributed by atoms with Crippen LogP contribution in [0.15, 0.2) is 47.2 Å². The van der Waals surface area contributed by atoms with Gasteiger partial charge in [-0.2, -0.15) is 0 Å². The number of aromatic nitrogens is 1. The van der Waals surface area contributed by atoms with E-state index in [1.807, 2.05) is 49.9 Å². The molecule has 1 aromatic heterocycles. The molecular weight excluding hydrogens is 456 g/mol. The third kappa shape index (κ3) is 5.64. The van der Waals surface area contributed by atoms with Gasteiger partial charge in [0.1, 0.15) is 5.76 Å². The van der Waals surface area contributed by atoms with Gasteiger partial charge in [0, 0.05) is 42.7 Å². The second-order valence-corrected chi connectivity index (χ2v) is 9.75. The Kier molecular flexibility index (Phi) is 8.61. The number of para-hydroxylation sites is 1. The minimum Gasteiger partial charge on any atom is -0.496 e. The first-order chi connectivity index (χ1) is 17.1. The first-order valence-corrected chi connectivity index (χ1v) is 12.4. The highest BCUT2D eigenvalue weighted by molar-refractivity contribution is 6.09. The molecule has 3 rings (SSSR count). The molecule has 1 unspecified atom stereocenters.